The van der Waals surface area contributed by atoms with Crippen LogP contribution in [-0.2, 0) is 0 Å². The van der Waals surface area contributed by atoms with E-state index in [9.17, 15) is 0 Å². The third-order valence-corrected chi connectivity index (χ3v) is 2.56. The van der Waals surface area contributed by atoms with Gasteiger partial charge in [-0.2, -0.15) is 0 Å². The summed E-state index contributed by atoms with van der Waals surface area (Å²) >= 11 is 1.89. The van der Waals surface area contributed by atoms with Gasteiger partial charge in [-0.1, -0.05) is 26.8 Å². The molecule has 0 N–H and O–H groups in total. The van der Waals surface area contributed by atoms with E-state index in [1.54, 1.807) is 0 Å². The van der Waals surface area contributed by atoms with Gasteiger partial charge in [-0.3, -0.25) is 0 Å². The third kappa shape index (κ3) is 4.98. The van der Waals surface area contributed by atoms with E-state index >= 15 is 0 Å². The maximum atomic E-state index is 5.17. The summed E-state index contributed by atoms with van der Waals surface area (Å²) in [4.78, 5) is 1.42. The summed E-state index contributed by atoms with van der Waals surface area (Å²) in [6, 6.07) is 0. The van der Waals surface area contributed by atoms with Crippen LogP contribution in [0.15, 0.2) is 11.0 Å². The normalized spacial score (nSPS) is 11.7. The van der Waals surface area contributed by atoms with Gasteiger partial charge in [0.05, 0.1) is 0 Å². The van der Waals surface area contributed by atoms with Crippen LogP contribution in [0.4, 0.5) is 0 Å². The monoisotopic (exact) mass is 168 g/mol. The zero-order valence-corrected chi connectivity index (χ0v) is 8.37. The molecular weight excluding hydrogens is 152 g/mol. The van der Waals surface area contributed by atoms with Crippen molar-refractivity contribution in [1.82, 2.24) is 0 Å². The highest BCUT2D eigenvalue weighted by Gasteiger charge is 2.00. The van der Waals surface area contributed by atoms with Crippen LogP contribution < -0.4 is 0 Å². The Morgan fingerprint density at radius 2 is 2.27 bits per heavy atom. The molecular formula is C10H16S. The van der Waals surface area contributed by atoms with Crippen molar-refractivity contribution in [3.05, 3.63) is 11.0 Å². The molecule has 0 bridgehead atoms. The van der Waals surface area contributed by atoms with Crippen LogP contribution in [0.25, 0.3) is 0 Å². The van der Waals surface area contributed by atoms with E-state index in [0.29, 0.717) is 5.92 Å². The molecule has 0 amide bonds. The summed E-state index contributed by atoms with van der Waals surface area (Å²) in [6.45, 7) is 6.56. The average molecular weight is 168 g/mol. The molecule has 0 fully saturated rings. The maximum absolute atomic E-state index is 5.17. The van der Waals surface area contributed by atoms with E-state index in [2.05, 4.69) is 32.8 Å². The van der Waals surface area contributed by atoms with Crippen LogP contribution >= 0.6 is 11.8 Å². The molecule has 0 spiro atoms. The van der Waals surface area contributed by atoms with Crippen molar-refractivity contribution in [2.45, 2.75) is 27.2 Å². The number of terminal acetylenes is 1. The lowest BCUT2D eigenvalue weighted by Crippen LogP contribution is -1.89. The summed E-state index contributed by atoms with van der Waals surface area (Å²) in [7, 11) is 0. The first-order chi connectivity index (χ1) is 5.22. The van der Waals surface area contributed by atoms with Gasteiger partial charge in [-0.15, -0.1) is 24.1 Å². The summed E-state index contributed by atoms with van der Waals surface area (Å²) in [5, 5.41) is 0. The topological polar surface area (TPSA) is 0 Å². The number of rotatable bonds is 4. The Hall–Kier alpha value is -0.350. The Labute approximate surface area is 74.5 Å². The Kier molecular flexibility index (Phi) is 6.16. The lowest BCUT2D eigenvalue weighted by Gasteiger charge is -2.08. The van der Waals surface area contributed by atoms with E-state index in [1.165, 1.54) is 4.91 Å². The molecule has 0 aliphatic rings. The first kappa shape index (κ1) is 10.7. The lowest BCUT2D eigenvalue weighted by atomic mass is 10.2. The van der Waals surface area contributed by atoms with Crippen molar-refractivity contribution in [3.8, 4) is 12.3 Å². The van der Waals surface area contributed by atoms with Gasteiger partial charge < -0.3 is 0 Å². The van der Waals surface area contributed by atoms with E-state index in [0.717, 1.165) is 12.2 Å². The van der Waals surface area contributed by atoms with Crippen molar-refractivity contribution in [3.63, 3.8) is 0 Å². The first-order valence-electron chi connectivity index (χ1n) is 3.98. The molecule has 0 unspecified atom stereocenters. The molecule has 0 aliphatic heterocycles. The summed E-state index contributed by atoms with van der Waals surface area (Å²) < 4.78 is 0. The molecule has 11 heavy (non-hydrogen) atoms. The zero-order valence-electron chi connectivity index (χ0n) is 7.55. The van der Waals surface area contributed by atoms with Crippen molar-refractivity contribution in [2.24, 2.45) is 5.92 Å². The molecule has 0 aromatic carbocycles. The van der Waals surface area contributed by atoms with E-state index < -0.39 is 0 Å². The molecule has 0 saturated heterocycles. The number of hydrogen-bond acceptors (Lipinski definition) is 1. The minimum absolute atomic E-state index is 0.619. The van der Waals surface area contributed by atoms with Gasteiger partial charge in [0.25, 0.3) is 0 Å². The lowest BCUT2D eigenvalue weighted by molar-refractivity contribution is 0.813. The Balaban J connectivity index is 3.99. The van der Waals surface area contributed by atoms with Gasteiger partial charge >= 0.3 is 0 Å². The fourth-order valence-electron chi connectivity index (χ4n) is 0.787. The average Bonchev–Trinajstić information content (AvgIpc) is 1.97. The van der Waals surface area contributed by atoms with Gasteiger partial charge in [-0.25, -0.2) is 0 Å². The Bertz CT molecular complexity index is 160. The molecule has 0 radical (unpaired) electrons. The molecule has 0 aromatic heterocycles. The molecule has 0 nitrogen and oxygen atoms in total. The molecule has 0 rings (SSSR count). The number of allylic oxidation sites excluding steroid dienone is 2. The highest BCUT2D eigenvalue weighted by atomic mass is 32.2. The molecule has 0 heterocycles. The second-order valence-electron chi connectivity index (χ2n) is 2.60. The highest BCUT2D eigenvalue weighted by molar-refractivity contribution is 8.03. The smallest absolute Gasteiger partial charge is 0.0277 e. The van der Waals surface area contributed by atoms with Crippen molar-refractivity contribution >= 4 is 11.8 Å². The fourth-order valence-corrected chi connectivity index (χ4v) is 1.66. The van der Waals surface area contributed by atoms with E-state index in [1.807, 2.05) is 11.8 Å². The molecule has 0 saturated carbocycles. The first-order valence-corrected chi connectivity index (χ1v) is 4.97. The minimum atomic E-state index is 0.619. The van der Waals surface area contributed by atoms with E-state index in [4.69, 9.17) is 6.42 Å². The van der Waals surface area contributed by atoms with Gasteiger partial charge in [0.15, 0.2) is 0 Å². The van der Waals surface area contributed by atoms with Crippen molar-refractivity contribution in [2.75, 3.05) is 5.75 Å². The van der Waals surface area contributed by atoms with Gasteiger partial charge in [0.2, 0.25) is 0 Å². The largest absolute Gasteiger partial charge is 0.131 e. The van der Waals surface area contributed by atoms with Crippen LogP contribution in [0.2, 0.25) is 0 Å². The number of hydrogen-bond donors (Lipinski definition) is 0. The molecule has 0 aliphatic carbocycles. The molecule has 0 aromatic rings. The summed E-state index contributed by atoms with van der Waals surface area (Å²) in [6.07, 6.45) is 8.09. The van der Waals surface area contributed by atoms with Gasteiger partial charge in [0, 0.05) is 6.42 Å². The summed E-state index contributed by atoms with van der Waals surface area (Å²) in [5.74, 6) is 4.37. The van der Waals surface area contributed by atoms with Gasteiger partial charge in [0.1, 0.15) is 0 Å². The second kappa shape index (κ2) is 6.37. The molecule has 1 heteroatoms. The van der Waals surface area contributed by atoms with Crippen molar-refractivity contribution < 1.29 is 0 Å². The standard InChI is InChI=1S/C10H16S/c1-5-7-8-10(9(3)4)11-6-2/h1,8-9H,6-7H2,2-4H3/b10-8-. The second-order valence-corrected chi connectivity index (χ2v) is 3.94. The highest BCUT2D eigenvalue weighted by Crippen LogP contribution is 2.23. The predicted molar refractivity (Wildman–Crippen MR) is 54.5 cm³/mol. The number of thioether (sulfide) groups is 1. The predicted octanol–water partition coefficient (Wildman–Crippen LogP) is 3.30. The summed E-state index contributed by atoms with van der Waals surface area (Å²) in [5.41, 5.74) is 0. The maximum Gasteiger partial charge on any atom is 0.0277 e. The van der Waals surface area contributed by atoms with Crippen LogP contribution in [0.1, 0.15) is 27.2 Å². The minimum Gasteiger partial charge on any atom is -0.131 e. The Morgan fingerprint density at radius 3 is 2.64 bits per heavy atom. The van der Waals surface area contributed by atoms with Crippen molar-refractivity contribution in [1.29, 1.82) is 0 Å². The van der Waals surface area contributed by atoms with Crippen LogP contribution in [-0.4, -0.2) is 5.75 Å². The fraction of sp³-hybridized carbons (Fsp3) is 0.600. The zero-order chi connectivity index (χ0) is 8.69. The van der Waals surface area contributed by atoms with Crippen LogP contribution in [0, 0.1) is 18.3 Å². The Morgan fingerprint density at radius 1 is 1.64 bits per heavy atom. The van der Waals surface area contributed by atoms with Gasteiger partial charge in [-0.05, 0) is 16.6 Å². The SMILES string of the molecule is C#CC/C=C(\SCC)C(C)C. The third-order valence-electron chi connectivity index (χ3n) is 1.30. The molecule has 62 valence electrons. The molecule has 0 atom stereocenters. The quantitative estimate of drug-likeness (QED) is 0.580. The van der Waals surface area contributed by atoms with Crippen LogP contribution in [0.5, 0.6) is 0 Å². The van der Waals surface area contributed by atoms with Crippen LogP contribution in [0.3, 0.4) is 0 Å². The van der Waals surface area contributed by atoms with E-state index in [-0.39, 0.29) is 0 Å².